The molecule has 4 amide bonds. The van der Waals surface area contributed by atoms with Gasteiger partial charge in [-0.3, -0.25) is 14.5 Å². The molecule has 0 saturated carbocycles. The molecular formula is C17H19F2N3O6S. The molecule has 0 spiro atoms. The van der Waals surface area contributed by atoms with Crippen LogP contribution >= 0.6 is 0 Å². The summed E-state index contributed by atoms with van der Waals surface area (Å²) in [5.41, 5.74) is -1.17. The van der Waals surface area contributed by atoms with Crippen LogP contribution in [0.2, 0.25) is 0 Å². The molecule has 2 atom stereocenters. The molecule has 1 aromatic carbocycles. The number of carbonyl (C=O) groups is 3. The Morgan fingerprint density at radius 3 is 2.55 bits per heavy atom. The van der Waals surface area contributed by atoms with Crippen LogP contribution < -0.4 is 15.4 Å². The van der Waals surface area contributed by atoms with Gasteiger partial charge >= 0.3 is 12.6 Å². The molecule has 0 aromatic heterocycles. The maximum absolute atomic E-state index is 12.8. The van der Waals surface area contributed by atoms with E-state index in [1.165, 1.54) is 31.2 Å². The molecule has 0 bridgehead atoms. The number of nitrogens with zero attached hydrogens (tertiary/aromatic N) is 1. The first kappa shape index (κ1) is 21.0. The number of benzene rings is 1. The van der Waals surface area contributed by atoms with Crippen LogP contribution in [0.25, 0.3) is 0 Å². The topological polar surface area (TPSA) is 122 Å². The van der Waals surface area contributed by atoms with E-state index in [1.807, 2.05) is 0 Å². The van der Waals surface area contributed by atoms with Gasteiger partial charge in [0.25, 0.3) is 5.91 Å². The van der Waals surface area contributed by atoms with Crippen molar-refractivity contribution in [1.29, 1.82) is 0 Å². The Bertz CT molecular complexity index is 937. The normalized spacial score (nSPS) is 25.9. The third-order valence-electron chi connectivity index (χ3n) is 4.83. The average molecular weight is 431 g/mol. The first-order chi connectivity index (χ1) is 13.5. The van der Waals surface area contributed by atoms with Gasteiger partial charge in [-0.1, -0.05) is 12.1 Å². The summed E-state index contributed by atoms with van der Waals surface area (Å²) in [5, 5.41) is 5.01. The fraction of sp³-hybridized carbons (Fsp3) is 0.471. The van der Waals surface area contributed by atoms with Crippen molar-refractivity contribution in [2.24, 2.45) is 0 Å². The van der Waals surface area contributed by atoms with E-state index in [4.69, 9.17) is 0 Å². The zero-order valence-electron chi connectivity index (χ0n) is 15.4. The minimum absolute atomic E-state index is 0.0234. The van der Waals surface area contributed by atoms with E-state index in [1.54, 1.807) is 0 Å². The number of urea groups is 1. The minimum atomic E-state index is -3.19. The number of halogens is 2. The van der Waals surface area contributed by atoms with E-state index in [9.17, 15) is 31.6 Å². The van der Waals surface area contributed by atoms with E-state index >= 15 is 0 Å². The molecule has 2 aliphatic heterocycles. The molecule has 2 fully saturated rings. The molecule has 12 heteroatoms. The van der Waals surface area contributed by atoms with Crippen LogP contribution in [-0.2, 0) is 25.0 Å². The fourth-order valence-electron chi connectivity index (χ4n) is 3.33. The maximum Gasteiger partial charge on any atom is 0.387 e. The Hall–Kier alpha value is -2.76. The molecule has 2 aliphatic rings. The molecule has 0 unspecified atom stereocenters. The fourth-order valence-corrected chi connectivity index (χ4v) is 5.01. The van der Waals surface area contributed by atoms with E-state index in [0.717, 1.165) is 4.90 Å². The second-order valence-electron chi connectivity index (χ2n) is 7.02. The molecule has 3 rings (SSSR count). The largest absolute Gasteiger partial charge is 0.435 e. The lowest BCUT2D eigenvalue weighted by Gasteiger charge is -2.22. The first-order valence-electron chi connectivity index (χ1n) is 8.69. The highest BCUT2D eigenvalue weighted by Crippen LogP contribution is 2.30. The molecule has 2 N–H and O–H groups in total. The predicted octanol–water partition coefficient (Wildman–Crippen LogP) is 0.358. The van der Waals surface area contributed by atoms with Crippen LogP contribution in [0.5, 0.6) is 5.75 Å². The van der Waals surface area contributed by atoms with Gasteiger partial charge in [0.15, 0.2) is 9.84 Å². The Balaban J connectivity index is 1.67. The molecule has 0 aliphatic carbocycles. The third kappa shape index (κ3) is 4.47. The van der Waals surface area contributed by atoms with Crippen LogP contribution in [0, 0.1) is 0 Å². The minimum Gasteiger partial charge on any atom is -0.435 e. The highest BCUT2D eigenvalue weighted by Gasteiger charge is 2.49. The quantitative estimate of drug-likeness (QED) is 0.627. The summed E-state index contributed by atoms with van der Waals surface area (Å²) in [7, 11) is -3.19. The van der Waals surface area contributed by atoms with Crippen molar-refractivity contribution < 1.29 is 36.3 Å². The Kier molecular flexibility index (Phi) is 5.48. The van der Waals surface area contributed by atoms with Crippen LogP contribution in [0.4, 0.5) is 13.6 Å². The molecule has 158 valence electrons. The van der Waals surface area contributed by atoms with Crippen molar-refractivity contribution in [3.63, 3.8) is 0 Å². The molecule has 2 heterocycles. The van der Waals surface area contributed by atoms with Crippen molar-refractivity contribution in [2.45, 2.75) is 31.5 Å². The number of alkyl halides is 2. The van der Waals surface area contributed by atoms with E-state index < -0.39 is 52.4 Å². The van der Waals surface area contributed by atoms with Gasteiger partial charge < -0.3 is 15.4 Å². The highest BCUT2D eigenvalue weighted by atomic mass is 32.2. The number of imide groups is 1. The highest BCUT2D eigenvalue weighted by molar-refractivity contribution is 7.91. The second-order valence-corrected chi connectivity index (χ2v) is 9.25. The Labute approximate surface area is 165 Å². The van der Waals surface area contributed by atoms with Crippen molar-refractivity contribution in [1.82, 2.24) is 15.5 Å². The zero-order valence-corrected chi connectivity index (χ0v) is 16.2. The van der Waals surface area contributed by atoms with Gasteiger partial charge in [0, 0.05) is 6.04 Å². The van der Waals surface area contributed by atoms with Crippen molar-refractivity contribution in [3.8, 4) is 5.75 Å². The summed E-state index contributed by atoms with van der Waals surface area (Å²) in [5.74, 6) is -1.65. The number of hydrogen-bond donors (Lipinski definition) is 2. The number of rotatable bonds is 6. The summed E-state index contributed by atoms with van der Waals surface area (Å²) in [6, 6.07) is 3.86. The van der Waals surface area contributed by atoms with Crippen LogP contribution in [-0.4, -0.2) is 61.9 Å². The summed E-state index contributed by atoms with van der Waals surface area (Å²) in [4.78, 5) is 38.0. The summed E-state index contributed by atoms with van der Waals surface area (Å²) in [6.07, 6.45) is 0.277. The third-order valence-corrected chi connectivity index (χ3v) is 6.60. The lowest BCUT2D eigenvalue weighted by atomic mass is 9.92. The van der Waals surface area contributed by atoms with Crippen molar-refractivity contribution in [3.05, 3.63) is 29.8 Å². The summed E-state index contributed by atoms with van der Waals surface area (Å²) < 4.78 is 51.7. The first-order valence-corrected chi connectivity index (χ1v) is 10.5. The molecule has 0 radical (unpaired) electrons. The van der Waals surface area contributed by atoms with E-state index in [-0.39, 0.29) is 23.7 Å². The van der Waals surface area contributed by atoms with Gasteiger partial charge in [-0.15, -0.1) is 0 Å². The maximum atomic E-state index is 12.8. The lowest BCUT2D eigenvalue weighted by molar-refractivity contribution is -0.135. The summed E-state index contributed by atoms with van der Waals surface area (Å²) in [6.45, 7) is -2.13. The van der Waals surface area contributed by atoms with Gasteiger partial charge in [-0.25, -0.2) is 13.2 Å². The second kappa shape index (κ2) is 7.58. The average Bonchev–Trinajstić information content (AvgIpc) is 3.06. The van der Waals surface area contributed by atoms with Gasteiger partial charge in [-0.05, 0) is 31.0 Å². The van der Waals surface area contributed by atoms with E-state index in [0.29, 0.717) is 5.56 Å². The Morgan fingerprint density at radius 1 is 1.34 bits per heavy atom. The molecule has 2 saturated heterocycles. The van der Waals surface area contributed by atoms with Crippen LogP contribution in [0.3, 0.4) is 0 Å². The standard InChI is InChI=1S/C17H19F2N3O6S/c1-17(10-2-4-12(5-3-10)28-15(18)19)14(24)22(16(25)21-17)8-13(23)20-11-6-7-29(26,27)9-11/h2-5,11,15H,6-9H2,1H3,(H,20,23)(H,21,25)/t11-,17-/m1/s1. The van der Waals surface area contributed by atoms with E-state index in [2.05, 4.69) is 15.4 Å². The van der Waals surface area contributed by atoms with Crippen LogP contribution in [0.15, 0.2) is 24.3 Å². The smallest absolute Gasteiger partial charge is 0.387 e. The van der Waals surface area contributed by atoms with Crippen LogP contribution in [0.1, 0.15) is 18.9 Å². The van der Waals surface area contributed by atoms with Gasteiger partial charge in [0.1, 0.15) is 17.8 Å². The van der Waals surface area contributed by atoms with Gasteiger partial charge in [0.05, 0.1) is 11.5 Å². The number of hydrogen-bond acceptors (Lipinski definition) is 6. The van der Waals surface area contributed by atoms with Crippen molar-refractivity contribution in [2.75, 3.05) is 18.1 Å². The van der Waals surface area contributed by atoms with Gasteiger partial charge in [0.2, 0.25) is 5.91 Å². The monoisotopic (exact) mass is 431 g/mol. The molecule has 29 heavy (non-hydrogen) atoms. The zero-order chi connectivity index (χ0) is 21.4. The number of nitrogens with one attached hydrogen (secondary N) is 2. The molecular weight excluding hydrogens is 412 g/mol. The Morgan fingerprint density at radius 2 is 2.00 bits per heavy atom. The number of sulfone groups is 1. The molecule has 1 aromatic rings. The number of amides is 4. The van der Waals surface area contributed by atoms with Crippen molar-refractivity contribution >= 4 is 27.7 Å². The number of carbonyl (C=O) groups excluding carboxylic acids is 3. The lowest BCUT2D eigenvalue weighted by Crippen LogP contribution is -2.45. The molecule has 9 nitrogen and oxygen atoms in total. The SMILES string of the molecule is C[C@]1(c2ccc(OC(F)F)cc2)NC(=O)N(CC(=O)N[C@@H]2CCS(=O)(=O)C2)C1=O. The number of ether oxygens (including phenoxy) is 1. The summed E-state index contributed by atoms with van der Waals surface area (Å²) >= 11 is 0. The van der Waals surface area contributed by atoms with Gasteiger partial charge in [-0.2, -0.15) is 8.78 Å². The predicted molar refractivity (Wildman–Crippen MR) is 95.9 cm³/mol.